The zero-order valence-electron chi connectivity index (χ0n) is 16.7. The fourth-order valence-corrected chi connectivity index (χ4v) is 4.07. The van der Waals surface area contributed by atoms with Gasteiger partial charge in [0.1, 0.15) is 0 Å². The normalized spacial score (nSPS) is 20.0. The van der Waals surface area contributed by atoms with Gasteiger partial charge in [-0.25, -0.2) is 0 Å². The highest BCUT2D eigenvalue weighted by Gasteiger charge is 2.26. The second kappa shape index (κ2) is 12.6. The van der Waals surface area contributed by atoms with Crippen LogP contribution in [0.25, 0.3) is 0 Å². The zero-order chi connectivity index (χ0) is 20.2. The Bertz CT molecular complexity index is 513. The van der Waals surface area contributed by atoms with Crippen molar-refractivity contribution in [3.8, 4) is 0 Å². The SMILES string of the molecule is CC(C)(CS(=O)(=O)O)NC(=O)CCN1CCCNCCNCCCNCC1. The average Bonchev–Trinajstić information content (AvgIpc) is 2.52. The molecule has 1 amide bonds. The monoisotopic (exact) mass is 407 g/mol. The van der Waals surface area contributed by atoms with Crippen LogP contribution in [0.15, 0.2) is 0 Å². The maximum atomic E-state index is 12.2. The van der Waals surface area contributed by atoms with Crippen LogP contribution in [0.3, 0.4) is 0 Å². The summed E-state index contributed by atoms with van der Waals surface area (Å²) < 4.78 is 31.1. The summed E-state index contributed by atoms with van der Waals surface area (Å²) in [6.45, 7) is 11.3. The van der Waals surface area contributed by atoms with Crippen LogP contribution in [0.5, 0.6) is 0 Å². The molecule has 9 nitrogen and oxygen atoms in total. The lowest BCUT2D eigenvalue weighted by Gasteiger charge is -2.26. The van der Waals surface area contributed by atoms with Gasteiger partial charge in [-0.1, -0.05) is 0 Å². The Morgan fingerprint density at radius 3 is 2.22 bits per heavy atom. The lowest BCUT2D eigenvalue weighted by Crippen LogP contribution is -2.49. The summed E-state index contributed by atoms with van der Waals surface area (Å²) in [6.07, 6.45) is 2.40. The molecule has 0 unspecified atom stereocenters. The minimum atomic E-state index is -4.14. The topological polar surface area (TPSA) is 123 Å². The van der Waals surface area contributed by atoms with Crippen molar-refractivity contribution < 1.29 is 17.8 Å². The maximum Gasteiger partial charge on any atom is 0.267 e. The van der Waals surface area contributed by atoms with E-state index >= 15 is 0 Å². The van der Waals surface area contributed by atoms with Crippen molar-refractivity contribution in [1.29, 1.82) is 0 Å². The molecule has 1 heterocycles. The molecule has 5 N–H and O–H groups in total. The van der Waals surface area contributed by atoms with E-state index < -0.39 is 21.4 Å². The van der Waals surface area contributed by atoms with Gasteiger partial charge in [-0.15, -0.1) is 0 Å². The summed E-state index contributed by atoms with van der Waals surface area (Å²) in [7, 11) is -4.14. The number of nitrogens with zero attached hydrogens (tertiary/aromatic N) is 1. The molecule has 10 heteroatoms. The van der Waals surface area contributed by atoms with Gasteiger partial charge in [0.2, 0.25) is 5.91 Å². The summed E-state index contributed by atoms with van der Waals surface area (Å²) in [6, 6.07) is 0. The molecule has 0 aromatic carbocycles. The van der Waals surface area contributed by atoms with Gasteiger partial charge in [-0.3, -0.25) is 9.35 Å². The number of hydrogen-bond acceptors (Lipinski definition) is 7. The quantitative estimate of drug-likeness (QED) is 0.356. The van der Waals surface area contributed by atoms with Gasteiger partial charge in [0, 0.05) is 39.1 Å². The standard InChI is InChI=1S/C17H37N5O4S/c1-17(2,15-27(24,25)26)21-16(23)5-13-22-12-4-8-19-10-9-18-6-3-7-20-11-14-22/h18-20H,3-15H2,1-2H3,(H,21,23)(H,24,25,26). The molecule has 0 spiro atoms. The Morgan fingerprint density at radius 1 is 1.00 bits per heavy atom. The Labute approximate surface area is 163 Å². The van der Waals surface area contributed by atoms with Gasteiger partial charge < -0.3 is 26.2 Å². The Morgan fingerprint density at radius 2 is 1.59 bits per heavy atom. The minimum absolute atomic E-state index is 0.208. The van der Waals surface area contributed by atoms with E-state index in [9.17, 15) is 13.2 Å². The summed E-state index contributed by atoms with van der Waals surface area (Å²) in [5, 5.41) is 12.9. The number of rotatable bonds is 6. The molecule has 27 heavy (non-hydrogen) atoms. The zero-order valence-corrected chi connectivity index (χ0v) is 17.5. The largest absolute Gasteiger partial charge is 0.350 e. The summed E-state index contributed by atoms with van der Waals surface area (Å²) in [5.41, 5.74) is -0.997. The highest BCUT2D eigenvalue weighted by atomic mass is 32.2. The van der Waals surface area contributed by atoms with Gasteiger partial charge in [-0.05, 0) is 52.9 Å². The summed E-state index contributed by atoms with van der Waals surface area (Å²) in [4.78, 5) is 14.5. The Kier molecular flexibility index (Phi) is 11.4. The van der Waals surface area contributed by atoms with Crippen LogP contribution >= 0.6 is 0 Å². The van der Waals surface area contributed by atoms with E-state index in [1.165, 1.54) is 0 Å². The first-order chi connectivity index (χ1) is 12.7. The van der Waals surface area contributed by atoms with Crippen molar-refractivity contribution >= 4 is 16.0 Å². The lowest BCUT2D eigenvalue weighted by molar-refractivity contribution is -0.122. The molecule has 1 rings (SSSR count). The first-order valence-electron chi connectivity index (χ1n) is 9.79. The third-order valence-electron chi connectivity index (χ3n) is 4.29. The number of nitrogens with one attached hydrogen (secondary N) is 4. The molecule has 160 valence electrons. The van der Waals surface area contributed by atoms with Crippen molar-refractivity contribution in [2.24, 2.45) is 0 Å². The molecule has 1 saturated heterocycles. The number of carbonyl (C=O) groups excluding carboxylic acids is 1. The third-order valence-corrected chi connectivity index (χ3v) is 5.38. The second-order valence-corrected chi connectivity index (χ2v) is 9.16. The summed E-state index contributed by atoms with van der Waals surface area (Å²) >= 11 is 0. The van der Waals surface area contributed by atoms with Crippen molar-refractivity contribution in [1.82, 2.24) is 26.2 Å². The van der Waals surface area contributed by atoms with Crippen molar-refractivity contribution in [2.75, 3.05) is 64.7 Å². The molecule has 1 aliphatic heterocycles. The van der Waals surface area contributed by atoms with Crippen LogP contribution < -0.4 is 21.3 Å². The van der Waals surface area contributed by atoms with Gasteiger partial charge in [0.05, 0.1) is 11.3 Å². The number of hydrogen-bond donors (Lipinski definition) is 5. The van der Waals surface area contributed by atoms with Crippen LogP contribution in [0.2, 0.25) is 0 Å². The van der Waals surface area contributed by atoms with E-state index in [0.29, 0.717) is 13.0 Å². The highest BCUT2D eigenvalue weighted by molar-refractivity contribution is 7.85. The molecule has 0 atom stereocenters. The molecule has 0 saturated carbocycles. The van der Waals surface area contributed by atoms with Crippen LogP contribution in [0.1, 0.15) is 33.1 Å². The first-order valence-corrected chi connectivity index (χ1v) is 11.4. The molecule has 1 fully saturated rings. The van der Waals surface area contributed by atoms with Gasteiger partial charge in [0.25, 0.3) is 10.1 Å². The lowest BCUT2D eigenvalue weighted by atomic mass is 10.1. The van der Waals surface area contributed by atoms with Crippen molar-refractivity contribution in [3.05, 3.63) is 0 Å². The predicted molar refractivity (Wildman–Crippen MR) is 108 cm³/mol. The van der Waals surface area contributed by atoms with E-state index in [1.54, 1.807) is 13.8 Å². The Balaban J connectivity index is 2.41. The molecule has 0 radical (unpaired) electrons. The van der Waals surface area contributed by atoms with E-state index in [-0.39, 0.29) is 5.91 Å². The van der Waals surface area contributed by atoms with Crippen LogP contribution in [0, 0.1) is 0 Å². The minimum Gasteiger partial charge on any atom is -0.350 e. The van der Waals surface area contributed by atoms with Crippen LogP contribution in [0.4, 0.5) is 0 Å². The fourth-order valence-electron chi connectivity index (χ4n) is 3.08. The van der Waals surface area contributed by atoms with E-state index in [2.05, 4.69) is 26.2 Å². The fraction of sp³-hybridized carbons (Fsp3) is 0.941. The number of amides is 1. The third kappa shape index (κ3) is 14.0. The van der Waals surface area contributed by atoms with Crippen molar-refractivity contribution in [3.63, 3.8) is 0 Å². The van der Waals surface area contributed by atoms with Crippen LogP contribution in [-0.2, 0) is 14.9 Å². The molecule has 0 aromatic rings. The smallest absolute Gasteiger partial charge is 0.267 e. The highest BCUT2D eigenvalue weighted by Crippen LogP contribution is 2.06. The number of carbonyl (C=O) groups is 1. The molecule has 0 aromatic heterocycles. The first kappa shape index (κ1) is 24.3. The maximum absolute atomic E-state index is 12.2. The molecule has 0 aliphatic carbocycles. The van der Waals surface area contributed by atoms with E-state index in [0.717, 1.165) is 65.2 Å². The molecular formula is C17H37N5O4S. The van der Waals surface area contributed by atoms with Gasteiger partial charge in [0.15, 0.2) is 0 Å². The molecule has 0 bridgehead atoms. The summed E-state index contributed by atoms with van der Waals surface area (Å²) in [5.74, 6) is -0.708. The molecule has 1 aliphatic rings. The van der Waals surface area contributed by atoms with E-state index in [1.807, 2.05) is 0 Å². The second-order valence-electron chi connectivity index (χ2n) is 7.71. The average molecular weight is 408 g/mol. The van der Waals surface area contributed by atoms with Gasteiger partial charge in [-0.2, -0.15) is 8.42 Å². The molecular weight excluding hydrogens is 370 g/mol. The Hall–Kier alpha value is -0.780. The van der Waals surface area contributed by atoms with E-state index in [4.69, 9.17) is 4.55 Å². The van der Waals surface area contributed by atoms with Crippen molar-refractivity contribution in [2.45, 2.75) is 38.6 Å². The van der Waals surface area contributed by atoms with Crippen LogP contribution in [-0.4, -0.2) is 94.0 Å². The van der Waals surface area contributed by atoms with Gasteiger partial charge >= 0.3 is 0 Å². The predicted octanol–water partition coefficient (Wildman–Crippen LogP) is -0.976.